The fraction of sp³-hybridized carbons (Fsp3) is 0.286. The van der Waals surface area contributed by atoms with Crippen LogP contribution in [0.4, 0.5) is 0 Å². The van der Waals surface area contributed by atoms with E-state index >= 15 is 0 Å². The highest BCUT2D eigenvalue weighted by molar-refractivity contribution is 6.42. The van der Waals surface area contributed by atoms with Crippen molar-refractivity contribution in [2.45, 2.75) is 11.1 Å². The van der Waals surface area contributed by atoms with Crippen LogP contribution in [0, 0.1) is 6.42 Å². The van der Waals surface area contributed by atoms with Crippen LogP contribution in [0.15, 0.2) is 24.3 Å². The first-order valence-electron chi connectivity index (χ1n) is 2.74. The molecule has 0 atom stereocenters. The van der Waals surface area contributed by atoms with E-state index in [9.17, 15) is 0 Å². The van der Waals surface area contributed by atoms with Gasteiger partial charge in [-0.25, -0.2) is 0 Å². The lowest BCUT2D eigenvalue weighted by Crippen LogP contribution is -2.06. The van der Waals surface area contributed by atoms with Crippen molar-refractivity contribution in [3.8, 4) is 0 Å². The van der Waals surface area contributed by atoms with Gasteiger partial charge in [0.25, 0.3) is 0 Å². The molecule has 1 fully saturated rings. The summed E-state index contributed by atoms with van der Waals surface area (Å²) in [4.78, 5) is 0. The summed E-state index contributed by atoms with van der Waals surface area (Å²) in [5.74, 6) is 0. The second-order valence-electron chi connectivity index (χ2n) is 2.42. The average Bonchev–Trinajstić information content (AvgIpc) is 1.79. The van der Waals surface area contributed by atoms with Crippen LogP contribution >= 0.6 is 0 Å². The Labute approximate surface area is 62.9 Å². The van der Waals surface area contributed by atoms with Crippen molar-refractivity contribution in [2.75, 3.05) is 0 Å². The molecule has 0 aliphatic heterocycles. The van der Waals surface area contributed by atoms with Crippen molar-refractivity contribution in [3.05, 3.63) is 30.7 Å². The molecule has 42 valence electrons. The zero-order valence-corrected chi connectivity index (χ0v) is 7.20. The maximum Gasteiger partial charge on any atom is 0.124 e. The lowest BCUT2D eigenvalue weighted by molar-refractivity contribution is 0.952. The smallest absolute Gasteiger partial charge is 0.0383 e. The molecule has 0 aromatic carbocycles. The second kappa shape index (κ2) is 1.89. The molecular weight excluding hydrogens is 140 g/mol. The minimum absolute atomic E-state index is 0.0752. The van der Waals surface area contributed by atoms with Crippen molar-refractivity contribution in [2.24, 2.45) is 0 Å². The predicted molar refractivity (Wildman–Crippen MR) is 41.4 cm³/mol. The zero-order chi connectivity index (χ0) is 7.07. The molecule has 1 rings (SSSR count). The van der Waals surface area contributed by atoms with Crippen molar-refractivity contribution in [1.29, 1.82) is 0 Å². The van der Waals surface area contributed by atoms with E-state index in [-0.39, 0.29) is 4.66 Å². The van der Waals surface area contributed by atoms with E-state index in [2.05, 4.69) is 33.6 Å². The first-order chi connectivity index (χ1) is 4.01. The van der Waals surface area contributed by atoms with Crippen molar-refractivity contribution in [1.82, 2.24) is 0 Å². The van der Waals surface area contributed by atoms with E-state index in [0.717, 1.165) is 17.6 Å². The quantitative estimate of drug-likeness (QED) is 0.356. The molecule has 0 unspecified atom stereocenters. The van der Waals surface area contributed by atoms with Crippen molar-refractivity contribution >= 4 is 20.5 Å². The van der Waals surface area contributed by atoms with Gasteiger partial charge in [0.05, 0.1) is 26.1 Å². The number of allylic oxidation sites excluding steroid dienone is 2. The maximum absolute atomic E-state index is 3.84. The Morgan fingerprint density at radius 3 is 2.11 bits per heavy atom. The van der Waals surface area contributed by atoms with Gasteiger partial charge in [0.1, 0.15) is 5.57 Å². The Morgan fingerprint density at radius 2 is 2.00 bits per heavy atom. The lowest BCUT2D eigenvalue weighted by Gasteiger charge is -2.06. The molecule has 9 heavy (non-hydrogen) atoms. The highest BCUT2D eigenvalue weighted by Gasteiger charge is 2.35. The van der Waals surface area contributed by atoms with Crippen LogP contribution in [-0.2, 0) is 0 Å². The fourth-order valence-corrected chi connectivity index (χ4v) is 1.68. The molecule has 0 saturated heterocycles. The predicted octanol–water partition coefficient (Wildman–Crippen LogP) is 1.16. The van der Waals surface area contributed by atoms with Crippen LogP contribution < -0.4 is 0 Å². The Balaban J connectivity index is 2.76. The molecule has 0 aromatic rings. The molecule has 6 radical (unpaired) electrons. The molecule has 2 heteroatoms. The van der Waals surface area contributed by atoms with E-state index in [1.54, 1.807) is 0 Å². The third kappa shape index (κ3) is 1.37. The molecule has 0 amide bonds. The SMILES string of the molecule is C=C1[CH+]C([Si])([Si])CC1=C. The van der Waals surface area contributed by atoms with E-state index in [4.69, 9.17) is 0 Å². The van der Waals surface area contributed by atoms with E-state index < -0.39 is 0 Å². The summed E-state index contributed by atoms with van der Waals surface area (Å²) in [6.07, 6.45) is 2.92. The lowest BCUT2D eigenvalue weighted by atomic mass is 10.2. The van der Waals surface area contributed by atoms with Gasteiger partial charge in [-0.15, -0.1) is 0 Å². The normalized spacial score (nSPS) is 24.2. The number of rotatable bonds is 0. The molecule has 0 spiro atoms. The topological polar surface area (TPSA) is 0 Å². The van der Waals surface area contributed by atoms with Crippen LogP contribution in [0.2, 0.25) is 4.66 Å². The first kappa shape index (κ1) is 6.90. The Hall–Kier alpha value is -0.216. The summed E-state index contributed by atoms with van der Waals surface area (Å²) in [6, 6.07) is 0. The first-order valence-corrected chi connectivity index (χ1v) is 3.74. The van der Waals surface area contributed by atoms with Gasteiger partial charge >= 0.3 is 0 Å². The highest BCUT2D eigenvalue weighted by atomic mass is 28.2. The average molecular weight is 147 g/mol. The Morgan fingerprint density at radius 1 is 1.44 bits per heavy atom. The van der Waals surface area contributed by atoms with Crippen molar-refractivity contribution < 1.29 is 0 Å². The summed E-state index contributed by atoms with van der Waals surface area (Å²) in [5, 5.41) is 0. The van der Waals surface area contributed by atoms with E-state index in [1.165, 1.54) is 0 Å². The van der Waals surface area contributed by atoms with E-state index in [1.807, 2.05) is 6.42 Å². The summed E-state index contributed by atoms with van der Waals surface area (Å²) >= 11 is 0. The van der Waals surface area contributed by atoms with E-state index in [0.29, 0.717) is 0 Å². The summed E-state index contributed by atoms with van der Waals surface area (Å²) < 4.78 is -0.0752. The third-order valence-corrected chi connectivity index (χ3v) is 2.01. The minimum Gasteiger partial charge on any atom is -0.0383 e. The maximum atomic E-state index is 3.84. The molecule has 1 aliphatic carbocycles. The summed E-state index contributed by atoms with van der Waals surface area (Å²) in [7, 11) is 7.02. The number of hydrogen-bond donors (Lipinski definition) is 0. The molecule has 1 aliphatic rings. The van der Waals surface area contributed by atoms with Crippen LogP contribution in [0.3, 0.4) is 0 Å². The summed E-state index contributed by atoms with van der Waals surface area (Å²) in [5.41, 5.74) is 2.12. The molecule has 0 aromatic heterocycles. The van der Waals surface area contributed by atoms with Crippen LogP contribution in [-0.4, -0.2) is 20.5 Å². The van der Waals surface area contributed by atoms with Gasteiger partial charge in [0.15, 0.2) is 0 Å². The molecule has 0 N–H and O–H groups in total. The van der Waals surface area contributed by atoms with Gasteiger partial charge in [-0.1, -0.05) is 0 Å². The standard InChI is InChI=1S/C7H7Si2/c1-5-3-7(8,9)4-6(5)2/h3H,1-2,4H2/q+1. The minimum atomic E-state index is -0.0752. The highest BCUT2D eigenvalue weighted by Crippen LogP contribution is 2.42. The van der Waals surface area contributed by atoms with Gasteiger partial charge in [-0.2, -0.15) is 0 Å². The zero-order valence-electron chi connectivity index (χ0n) is 5.20. The molecule has 0 bridgehead atoms. The van der Waals surface area contributed by atoms with Gasteiger partial charge in [0, 0.05) is 24.1 Å². The molecule has 0 heterocycles. The summed E-state index contributed by atoms with van der Waals surface area (Å²) in [6.45, 7) is 7.65. The molecule has 1 saturated carbocycles. The van der Waals surface area contributed by atoms with Crippen LogP contribution in [0.1, 0.15) is 6.42 Å². The van der Waals surface area contributed by atoms with Gasteiger partial charge in [-0.05, 0) is 6.58 Å². The Kier molecular flexibility index (Phi) is 1.44. The van der Waals surface area contributed by atoms with Gasteiger partial charge < -0.3 is 0 Å². The molecular formula is C7H7Si2+. The van der Waals surface area contributed by atoms with Crippen LogP contribution in [0.5, 0.6) is 0 Å². The largest absolute Gasteiger partial charge is 0.124 e. The molecule has 0 nitrogen and oxygen atoms in total. The van der Waals surface area contributed by atoms with Gasteiger partial charge in [0.2, 0.25) is 0 Å². The Bertz CT molecular complexity index is 150. The third-order valence-electron chi connectivity index (χ3n) is 1.37. The van der Waals surface area contributed by atoms with Gasteiger partial charge in [-0.3, -0.25) is 0 Å². The van der Waals surface area contributed by atoms with Crippen molar-refractivity contribution in [3.63, 3.8) is 0 Å². The number of hydrogen-bond acceptors (Lipinski definition) is 0. The second-order valence-corrected chi connectivity index (χ2v) is 4.71. The van der Waals surface area contributed by atoms with Crippen LogP contribution in [0.25, 0.3) is 0 Å². The fourth-order valence-electron chi connectivity index (χ4n) is 0.901. The monoisotopic (exact) mass is 147 g/mol.